The van der Waals surface area contributed by atoms with E-state index in [4.69, 9.17) is 0 Å². The van der Waals surface area contributed by atoms with E-state index < -0.39 is 0 Å². The van der Waals surface area contributed by atoms with E-state index in [-0.39, 0.29) is 0 Å². The summed E-state index contributed by atoms with van der Waals surface area (Å²) in [5.74, 6) is 1.87. The Kier molecular flexibility index (Phi) is 5.84. The molecule has 1 saturated carbocycles. The van der Waals surface area contributed by atoms with Crippen LogP contribution in [0.15, 0.2) is 18.3 Å². The summed E-state index contributed by atoms with van der Waals surface area (Å²) in [6.07, 6.45) is 7.14. The van der Waals surface area contributed by atoms with Crippen LogP contribution in [0.5, 0.6) is 0 Å². The van der Waals surface area contributed by atoms with Crippen molar-refractivity contribution in [3.05, 3.63) is 23.9 Å². The number of rotatable bonds is 9. The van der Waals surface area contributed by atoms with Gasteiger partial charge in [-0.25, -0.2) is 4.98 Å². The second kappa shape index (κ2) is 7.63. The number of hydrogen-bond donors (Lipinski definition) is 1. The lowest BCUT2D eigenvalue weighted by molar-refractivity contribution is 0.552. The molecule has 0 atom stereocenters. The summed E-state index contributed by atoms with van der Waals surface area (Å²) in [6, 6.07) is 5.14. The van der Waals surface area contributed by atoms with E-state index in [1.54, 1.807) is 0 Å². The van der Waals surface area contributed by atoms with Crippen molar-refractivity contribution in [2.45, 2.75) is 59.0 Å². The number of aromatic nitrogens is 1. The molecule has 0 bridgehead atoms. The Morgan fingerprint density at radius 1 is 1.40 bits per heavy atom. The van der Waals surface area contributed by atoms with Crippen LogP contribution in [0.2, 0.25) is 0 Å². The second-order valence-electron chi connectivity index (χ2n) is 6.33. The fraction of sp³-hybridized carbons (Fsp3) is 0.706. The third-order valence-electron chi connectivity index (χ3n) is 3.73. The first-order valence-corrected chi connectivity index (χ1v) is 8.13. The van der Waals surface area contributed by atoms with Crippen molar-refractivity contribution in [3.8, 4) is 0 Å². The lowest BCUT2D eigenvalue weighted by Gasteiger charge is -2.23. The monoisotopic (exact) mass is 275 g/mol. The lowest BCUT2D eigenvalue weighted by atomic mass is 10.2. The molecule has 0 unspecified atom stereocenters. The van der Waals surface area contributed by atoms with Crippen molar-refractivity contribution in [3.63, 3.8) is 0 Å². The molecule has 1 N–H and O–H groups in total. The highest BCUT2D eigenvalue weighted by atomic mass is 15.2. The average molecular weight is 275 g/mol. The number of hydrogen-bond acceptors (Lipinski definition) is 3. The summed E-state index contributed by atoms with van der Waals surface area (Å²) in [6.45, 7) is 9.90. The van der Waals surface area contributed by atoms with Crippen LogP contribution >= 0.6 is 0 Å². The van der Waals surface area contributed by atoms with E-state index in [1.165, 1.54) is 37.1 Å². The van der Waals surface area contributed by atoms with Gasteiger partial charge in [-0.05, 0) is 49.4 Å². The fourth-order valence-electron chi connectivity index (χ4n) is 2.43. The molecular formula is C17H29N3. The maximum atomic E-state index is 4.60. The van der Waals surface area contributed by atoms with Crippen molar-refractivity contribution < 1.29 is 0 Å². The maximum absolute atomic E-state index is 4.60. The first-order valence-electron chi connectivity index (χ1n) is 8.13. The number of anilines is 1. The van der Waals surface area contributed by atoms with Gasteiger partial charge in [-0.15, -0.1) is 0 Å². The van der Waals surface area contributed by atoms with Crippen molar-refractivity contribution in [1.29, 1.82) is 0 Å². The Morgan fingerprint density at radius 3 is 2.85 bits per heavy atom. The summed E-state index contributed by atoms with van der Waals surface area (Å²) in [4.78, 5) is 7.10. The van der Waals surface area contributed by atoms with Crippen LogP contribution in [0.4, 0.5) is 5.82 Å². The van der Waals surface area contributed by atoms with E-state index in [2.05, 4.69) is 48.1 Å². The van der Waals surface area contributed by atoms with Crippen LogP contribution in [0.1, 0.15) is 52.0 Å². The van der Waals surface area contributed by atoms with Gasteiger partial charge in [-0.3, -0.25) is 0 Å². The zero-order valence-electron chi connectivity index (χ0n) is 13.2. The molecule has 2 rings (SSSR count). The summed E-state index contributed by atoms with van der Waals surface area (Å²) in [5.41, 5.74) is 1.35. The maximum Gasteiger partial charge on any atom is 0.129 e. The van der Waals surface area contributed by atoms with Crippen molar-refractivity contribution in [2.75, 3.05) is 18.0 Å². The van der Waals surface area contributed by atoms with Gasteiger partial charge in [0.25, 0.3) is 0 Å². The highest BCUT2D eigenvalue weighted by Crippen LogP contribution is 2.31. The van der Waals surface area contributed by atoms with Gasteiger partial charge in [-0.1, -0.05) is 27.2 Å². The van der Waals surface area contributed by atoms with Gasteiger partial charge in [0.1, 0.15) is 5.82 Å². The topological polar surface area (TPSA) is 28.2 Å². The van der Waals surface area contributed by atoms with Gasteiger partial charge >= 0.3 is 0 Å². The molecule has 1 heterocycles. The first-order chi connectivity index (χ1) is 9.70. The number of nitrogens with zero attached hydrogens (tertiary/aromatic N) is 2. The molecule has 0 spiro atoms. The summed E-state index contributed by atoms with van der Waals surface area (Å²) in [5, 5.41) is 3.51. The van der Waals surface area contributed by atoms with Crippen LogP contribution in [0.3, 0.4) is 0 Å². The molecule has 0 aromatic carbocycles. The molecular weight excluding hydrogens is 246 g/mol. The van der Waals surface area contributed by atoms with Gasteiger partial charge in [0.05, 0.1) is 0 Å². The number of nitrogens with one attached hydrogen (secondary N) is 1. The molecule has 3 nitrogen and oxygen atoms in total. The molecule has 112 valence electrons. The summed E-state index contributed by atoms with van der Waals surface area (Å²) < 4.78 is 0. The van der Waals surface area contributed by atoms with E-state index in [0.717, 1.165) is 25.7 Å². The van der Waals surface area contributed by atoms with Gasteiger partial charge in [0, 0.05) is 25.3 Å². The minimum atomic E-state index is 0.698. The standard InChI is InChI=1S/C17H29N3/c1-4-5-10-20(16-6-7-16)17-11-15(8-9-19-17)13-18-12-14(2)3/h8-9,11,14,16,18H,4-7,10,12-13H2,1-3H3. The average Bonchev–Trinajstić information content (AvgIpc) is 3.24. The molecule has 1 aromatic heterocycles. The highest BCUT2D eigenvalue weighted by molar-refractivity contribution is 5.43. The van der Waals surface area contributed by atoms with Gasteiger partial charge < -0.3 is 10.2 Å². The van der Waals surface area contributed by atoms with Gasteiger partial charge in [0.15, 0.2) is 0 Å². The molecule has 1 aromatic rings. The molecule has 0 saturated heterocycles. The molecule has 0 aliphatic heterocycles. The molecule has 1 fully saturated rings. The predicted octanol–water partition coefficient (Wildman–Crippen LogP) is 3.60. The van der Waals surface area contributed by atoms with Crippen LogP contribution in [-0.2, 0) is 6.54 Å². The van der Waals surface area contributed by atoms with Crippen molar-refractivity contribution in [2.24, 2.45) is 5.92 Å². The van der Waals surface area contributed by atoms with E-state index in [9.17, 15) is 0 Å². The third kappa shape index (κ3) is 4.78. The highest BCUT2D eigenvalue weighted by Gasteiger charge is 2.29. The Morgan fingerprint density at radius 2 is 2.20 bits per heavy atom. The van der Waals surface area contributed by atoms with Gasteiger partial charge in [0.2, 0.25) is 0 Å². The minimum Gasteiger partial charge on any atom is -0.354 e. The zero-order valence-corrected chi connectivity index (χ0v) is 13.2. The summed E-state index contributed by atoms with van der Waals surface area (Å²) in [7, 11) is 0. The Hall–Kier alpha value is -1.09. The van der Waals surface area contributed by atoms with Crippen molar-refractivity contribution >= 4 is 5.82 Å². The Balaban J connectivity index is 1.95. The molecule has 0 amide bonds. The molecule has 0 radical (unpaired) electrons. The summed E-state index contributed by atoms with van der Waals surface area (Å²) >= 11 is 0. The first kappa shape index (κ1) is 15.3. The lowest BCUT2D eigenvalue weighted by Crippen LogP contribution is -2.28. The molecule has 3 heteroatoms. The van der Waals surface area contributed by atoms with E-state index >= 15 is 0 Å². The second-order valence-corrected chi connectivity index (χ2v) is 6.33. The molecule has 20 heavy (non-hydrogen) atoms. The SMILES string of the molecule is CCCCN(c1cc(CNCC(C)C)ccn1)C1CC1. The quantitative estimate of drug-likeness (QED) is 0.746. The van der Waals surface area contributed by atoms with Gasteiger partial charge in [-0.2, -0.15) is 0 Å². The van der Waals surface area contributed by atoms with Crippen molar-refractivity contribution in [1.82, 2.24) is 10.3 Å². The normalized spacial score (nSPS) is 14.8. The fourth-order valence-corrected chi connectivity index (χ4v) is 2.43. The molecule has 1 aliphatic rings. The predicted molar refractivity (Wildman–Crippen MR) is 86.1 cm³/mol. The van der Waals surface area contributed by atoms with Crippen LogP contribution in [0.25, 0.3) is 0 Å². The largest absolute Gasteiger partial charge is 0.354 e. The number of pyridine rings is 1. The van der Waals surface area contributed by atoms with Crippen LogP contribution in [0, 0.1) is 5.92 Å². The smallest absolute Gasteiger partial charge is 0.129 e. The zero-order chi connectivity index (χ0) is 14.4. The van der Waals surface area contributed by atoms with E-state index in [1.807, 2.05) is 6.20 Å². The minimum absolute atomic E-state index is 0.698. The van der Waals surface area contributed by atoms with E-state index in [0.29, 0.717) is 5.92 Å². The van der Waals surface area contributed by atoms with Crippen LogP contribution in [-0.4, -0.2) is 24.1 Å². The Bertz CT molecular complexity index is 399. The Labute approximate surface area is 123 Å². The number of unbranched alkanes of at least 4 members (excludes halogenated alkanes) is 1. The third-order valence-corrected chi connectivity index (χ3v) is 3.73. The molecule has 1 aliphatic carbocycles. The van der Waals surface area contributed by atoms with Crippen LogP contribution < -0.4 is 10.2 Å².